The minimum Gasteiger partial charge on any atom is -0.493 e. The van der Waals surface area contributed by atoms with Crippen LogP contribution in [0.15, 0.2) is 18.2 Å². The molecule has 0 unspecified atom stereocenters. The van der Waals surface area contributed by atoms with Gasteiger partial charge in [0.05, 0.1) is 6.61 Å². The Morgan fingerprint density at radius 3 is 3.00 bits per heavy atom. The summed E-state index contributed by atoms with van der Waals surface area (Å²) in [6.07, 6.45) is 2.31. The minimum atomic E-state index is 0.486. The molecule has 0 bridgehead atoms. The Bertz CT molecular complexity index is 388. The number of hydrogen-bond acceptors (Lipinski definition) is 2. The molecule has 0 aliphatic carbocycles. The zero-order valence-electron chi connectivity index (χ0n) is 11.2. The molecule has 1 aliphatic rings. The molecule has 2 nitrogen and oxygen atoms in total. The Labute approximate surface area is 115 Å². The second-order valence-electron chi connectivity index (χ2n) is 5.16. The van der Waals surface area contributed by atoms with Gasteiger partial charge in [-0.2, -0.15) is 0 Å². The van der Waals surface area contributed by atoms with Gasteiger partial charge in [0.2, 0.25) is 0 Å². The van der Waals surface area contributed by atoms with Gasteiger partial charge in [0.1, 0.15) is 5.75 Å². The number of nitrogens with one attached hydrogen (secondary N) is 1. The summed E-state index contributed by atoms with van der Waals surface area (Å²) in [5, 5.41) is 4.16. The van der Waals surface area contributed by atoms with Crippen LogP contribution in [-0.2, 0) is 0 Å². The molecule has 1 N–H and O–H groups in total. The predicted octanol–water partition coefficient (Wildman–Crippen LogP) is 3.84. The van der Waals surface area contributed by atoms with Crippen molar-refractivity contribution in [2.24, 2.45) is 5.92 Å². The van der Waals surface area contributed by atoms with Crippen molar-refractivity contribution in [3.05, 3.63) is 28.8 Å². The third-order valence-electron chi connectivity index (χ3n) is 3.75. The molecule has 1 saturated heterocycles. The highest BCUT2D eigenvalue weighted by Gasteiger charge is 2.17. The van der Waals surface area contributed by atoms with E-state index in [1.54, 1.807) is 0 Å². The second-order valence-corrected chi connectivity index (χ2v) is 5.60. The molecule has 0 amide bonds. The van der Waals surface area contributed by atoms with Crippen molar-refractivity contribution in [1.29, 1.82) is 0 Å². The van der Waals surface area contributed by atoms with Crippen LogP contribution in [0.3, 0.4) is 0 Å². The minimum absolute atomic E-state index is 0.486. The Morgan fingerprint density at radius 2 is 2.33 bits per heavy atom. The van der Waals surface area contributed by atoms with Crippen molar-refractivity contribution in [2.45, 2.75) is 32.6 Å². The summed E-state index contributed by atoms with van der Waals surface area (Å²) in [7, 11) is 0. The number of ether oxygens (including phenoxy) is 1. The van der Waals surface area contributed by atoms with Gasteiger partial charge in [0, 0.05) is 17.5 Å². The molecule has 1 aromatic carbocycles. The molecule has 1 aliphatic heterocycles. The predicted molar refractivity (Wildman–Crippen MR) is 76.6 cm³/mol. The average molecular weight is 268 g/mol. The molecule has 0 saturated carbocycles. The summed E-state index contributed by atoms with van der Waals surface area (Å²) in [5.74, 6) is 2.13. The zero-order valence-corrected chi connectivity index (χ0v) is 12.0. The molecule has 1 heterocycles. The van der Waals surface area contributed by atoms with E-state index >= 15 is 0 Å². The molecular formula is C15H22ClNO. The maximum atomic E-state index is 6.08. The van der Waals surface area contributed by atoms with Gasteiger partial charge in [-0.1, -0.05) is 25.4 Å². The van der Waals surface area contributed by atoms with Crippen molar-refractivity contribution in [2.75, 3.05) is 19.7 Å². The molecule has 0 spiro atoms. The average Bonchev–Trinajstić information content (AvgIpc) is 2.89. The van der Waals surface area contributed by atoms with E-state index in [-0.39, 0.29) is 0 Å². The van der Waals surface area contributed by atoms with E-state index in [1.165, 1.54) is 12.0 Å². The smallest absolute Gasteiger partial charge is 0.122 e. The molecular weight excluding hydrogens is 246 g/mol. The monoisotopic (exact) mass is 267 g/mol. The molecule has 1 fully saturated rings. The van der Waals surface area contributed by atoms with E-state index in [9.17, 15) is 0 Å². The van der Waals surface area contributed by atoms with Crippen LogP contribution in [0.2, 0.25) is 5.02 Å². The standard InChI is InChI=1S/C15H22ClNO/c1-3-11(2)14-8-13(16)4-5-15(14)18-10-12-6-7-17-9-12/h4-5,8,11-12,17H,3,6-7,9-10H2,1-2H3/t11-,12-/m1/s1. The highest BCUT2D eigenvalue weighted by Crippen LogP contribution is 2.31. The van der Waals surface area contributed by atoms with Crippen LogP contribution in [0, 0.1) is 5.92 Å². The fourth-order valence-electron chi connectivity index (χ4n) is 2.32. The lowest BCUT2D eigenvalue weighted by molar-refractivity contribution is 0.256. The first-order valence-electron chi connectivity index (χ1n) is 6.83. The lowest BCUT2D eigenvalue weighted by atomic mass is 9.98. The summed E-state index contributed by atoms with van der Waals surface area (Å²) in [4.78, 5) is 0. The van der Waals surface area contributed by atoms with Crippen LogP contribution in [0.5, 0.6) is 5.75 Å². The van der Waals surface area contributed by atoms with Crippen LogP contribution < -0.4 is 10.1 Å². The third kappa shape index (κ3) is 3.39. The summed E-state index contributed by atoms with van der Waals surface area (Å²) in [6.45, 7) is 7.41. The molecule has 18 heavy (non-hydrogen) atoms. The van der Waals surface area contributed by atoms with Crippen LogP contribution in [-0.4, -0.2) is 19.7 Å². The van der Waals surface area contributed by atoms with Crippen LogP contribution in [0.25, 0.3) is 0 Å². The number of halogens is 1. The molecule has 0 radical (unpaired) electrons. The van der Waals surface area contributed by atoms with Gasteiger partial charge >= 0.3 is 0 Å². The maximum absolute atomic E-state index is 6.08. The second kappa shape index (κ2) is 6.44. The first kappa shape index (κ1) is 13.7. The van der Waals surface area contributed by atoms with E-state index in [0.29, 0.717) is 11.8 Å². The lowest BCUT2D eigenvalue weighted by Gasteiger charge is -2.18. The van der Waals surface area contributed by atoms with Crippen molar-refractivity contribution < 1.29 is 4.74 Å². The highest BCUT2D eigenvalue weighted by atomic mass is 35.5. The van der Waals surface area contributed by atoms with Gasteiger partial charge in [-0.3, -0.25) is 0 Å². The van der Waals surface area contributed by atoms with E-state index in [2.05, 4.69) is 19.2 Å². The fourth-order valence-corrected chi connectivity index (χ4v) is 2.50. The van der Waals surface area contributed by atoms with Gasteiger partial charge in [0.25, 0.3) is 0 Å². The van der Waals surface area contributed by atoms with Crippen LogP contribution in [0.4, 0.5) is 0 Å². The van der Waals surface area contributed by atoms with Crippen molar-refractivity contribution in [3.8, 4) is 5.75 Å². The fraction of sp³-hybridized carbons (Fsp3) is 0.600. The largest absolute Gasteiger partial charge is 0.493 e. The molecule has 1 aromatic rings. The van der Waals surface area contributed by atoms with Crippen molar-refractivity contribution in [1.82, 2.24) is 5.32 Å². The quantitative estimate of drug-likeness (QED) is 0.875. The van der Waals surface area contributed by atoms with Gasteiger partial charge in [-0.05, 0) is 49.1 Å². The van der Waals surface area contributed by atoms with Crippen LogP contribution >= 0.6 is 11.6 Å². The first-order valence-corrected chi connectivity index (χ1v) is 7.21. The topological polar surface area (TPSA) is 21.3 Å². The summed E-state index contributed by atoms with van der Waals surface area (Å²) >= 11 is 6.08. The summed E-state index contributed by atoms with van der Waals surface area (Å²) in [5.41, 5.74) is 1.23. The third-order valence-corrected chi connectivity index (χ3v) is 3.99. The molecule has 3 heteroatoms. The van der Waals surface area contributed by atoms with Gasteiger partial charge in [0.15, 0.2) is 0 Å². The Hall–Kier alpha value is -0.730. The first-order chi connectivity index (χ1) is 8.70. The van der Waals surface area contributed by atoms with Gasteiger partial charge < -0.3 is 10.1 Å². The van der Waals surface area contributed by atoms with E-state index in [1.807, 2.05) is 18.2 Å². The van der Waals surface area contributed by atoms with E-state index < -0.39 is 0 Å². The van der Waals surface area contributed by atoms with Gasteiger partial charge in [-0.25, -0.2) is 0 Å². The zero-order chi connectivity index (χ0) is 13.0. The molecule has 0 aromatic heterocycles. The van der Waals surface area contributed by atoms with Crippen molar-refractivity contribution >= 4 is 11.6 Å². The number of benzene rings is 1. The summed E-state index contributed by atoms with van der Waals surface area (Å²) in [6, 6.07) is 5.96. The van der Waals surface area contributed by atoms with E-state index in [4.69, 9.17) is 16.3 Å². The Balaban J connectivity index is 2.05. The molecule has 100 valence electrons. The summed E-state index contributed by atoms with van der Waals surface area (Å²) < 4.78 is 6.00. The normalized spacial score (nSPS) is 20.9. The molecule has 2 rings (SSSR count). The highest BCUT2D eigenvalue weighted by molar-refractivity contribution is 6.30. The Kier molecular flexibility index (Phi) is 4.90. The molecule has 2 atom stereocenters. The maximum Gasteiger partial charge on any atom is 0.122 e. The SMILES string of the molecule is CC[C@@H](C)c1cc(Cl)ccc1OC[C@@H]1CCNC1. The lowest BCUT2D eigenvalue weighted by Crippen LogP contribution is -2.16. The van der Waals surface area contributed by atoms with Gasteiger partial charge in [-0.15, -0.1) is 0 Å². The number of hydrogen-bond donors (Lipinski definition) is 1. The Morgan fingerprint density at radius 1 is 1.50 bits per heavy atom. The van der Waals surface area contributed by atoms with Crippen LogP contribution in [0.1, 0.15) is 38.2 Å². The number of rotatable bonds is 5. The van der Waals surface area contributed by atoms with E-state index in [0.717, 1.165) is 36.9 Å². The van der Waals surface area contributed by atoms with Crippen molar-refractivity contribution in [3.63, 3.8) is 0 Å².